The van der Waals surface area contributed by atoms with Gasteiger partial charge in [-0.2, -0.15) is 0 Å². The fourth-order valence-corrected chi connectivity index (χ4v) is 1.80. The first kappa shape index (κ1) is 15.0. The molecule has 3 heteroatoms. The molecule has 0 bridgehead atoms. The van der Waals surface area contributed by atoms with Gasteiger partial charge < -0.3 is 15.8 Å². The van der Waals surface area contributed by atoms with E-state index in [4.69, 9.17) is 10.5 Å². The van der Waals surface area contributed by atoms with Crippen LogP contribution in [0.1, 0.15) is 26.3 Å². The Hall–Kier alpha value is -1.06. The summed E-state index contributed by atoms with van der Waals surface area (Å²) in [6, 6.07) is 8.21. The minimum Gasteiger partial charge on any atom is -0.497 e. The lowest BCUT2D eigenvalue weighted by Crippen LogP contribution is -2.53. The van der Waals surface area contributed by atoms with Crippen molar-refractivity contribution < 1.29 is 4.74 Å². The van der Waals surface area contributed by atoms with E-state index >= 15 is 0 Å². The Kier molecular flexibility index (Phi) is 5.63. The zero-order chi connectivity index (χ0) is 13.6. The molecule has 1 aromatic rings. The van der Waals surface area contributed by atoms with Gasteiger partial charge in [0.05, 0.1) is 7.11 Å². The Labute approximate surface area is 111 Å². The van der Waals surface area contributed by atoms with Crippen LogP contribution in [0.3, 0.4) is 0 Å². The van der Waals surface area contributed by atoms with Crippen molar-refractivity contribution in [1.82, 2.24) is 5.32 Å². The summed E-state index contributed by atoms with van der Waals surface area (Å²) in [5, 5.41) is 3.57. The van der Waals surface area contributed by atoms with Crippen LogP contribution in [-0.4, -0.2) is 25.7 Å². The zero-order valence-corrected chi connectivity index (χ0v) is 12.0. The van der Waals surface area contributed by atoms with Crippen molar-refractivity contribution in [2.75, 3.05) is 20.2 Å². The van der Waals surface area contributed by atoms with Gasteiger partial charge in [0, 0.05) is 12.1 Å². The molecule has 18 heavy (non-hydrogen) atoms. The summed E-state index contributed by atoms with van der Waals surface area (Å²) >= 11 is 0. The van der Waals surface area contributed by atoms with Crippen LogP contribution in [0.5, 0.6) is 5.75 Å². The third kappa shape index (κ3) is 4.00. The highest BCUT2D eigenvalue weighted by atomic mass is 16.5. The van der Waals surface area contributed by atoms with Crippen molar-refractivity contribution in [1.29, 1.82) is 0 Å². The van der Waals surface area contributed by atoms with Crippen LogP contribution in [0, 0.1) is 5.92 Å². The summed E-state index contributed by atoms with van der Waals surface area (Å²) in [6.07, 6.45) is 1.01. The third-order valence-electron chi connectivity index (χ3n) is 3.80. The number of ether oxygens (including phenoxy) is 1. The monoisotopic (exact) mass is 250 g/mol. The fourth-order valence-electron chi connectivity index (χ4n) is 1.80. The molecule has 0 aliphatic heterocycles. The van der Waals surface area contributed by atoms with Crippen LogP contribution >= 0.6 is 0 Å². The normalized spacial score (nSPS) is 14.6. The number of rotatable bonds is 7. The van der Waals surface area contributed by atoms with Crippen molar-refractivity contribution in [2.45, 2.75) is 32.7 Å². The highest BCUT2D eigenvalue weighted by molar-refractivity contribution is 5.27. The molecule has 0 heterocycles. The lowest BCUT2D eigenvalue weighted by molar-refractivity contribution is 0.271. The molecule has 0 aliphatic rings. The summed E-state index contributed by atoms with van der Waals surface area (Å²) in [4.78, 5) is 0. The van der Waals surface area contributed by atoms with Crippen molar-refractivity contribution in [3.8, 4) is 5.75 Å². The Morgan fingerprint density at radius 1 is 1.28 bits per heavy atom. The maximum atomic E-state index is 5.85. The van der Waals surface area contributed by atoms with Crippen LogP contribution in [0.25, 0.3) is 0 Å². The Bertz CT molecular complexity index is 348. The van der Waals surface area contributed by atoms with E-state index in [1.54, 1.807) is 7.11 Å². The quantitative estimate of drug-likeness (QED) is 0.780. The number of nitrogens with one attached hydrogen (secondary N) is 1. The maximum absolute atomic E-state index is 5.85. The second kappa shape index (κ2) is 6.76. The van der Waals surface area contributed by atoms with Crippen LogP contribution < -0.4 is 15.8 Å². The molecule has 3 nitrogen and oxygen atoms in total. The second-order valence-electron chi connectivity index (χ2n) is 5.30. The average molecular weight is 250 g/mol. The minimum atomic E-state index is 0.0203. The van der Waals surface area contributed by atoms with Gasteiger partial charge in [-0.05, 0) is 43.5 Å². The van der Waals surface area contributed by atoms with Gasteiger partial charge in [-0.1, -0.05) is 26.0 Å². The molecule has 0 aromatic heterocycles. The van der Waals surface area contributed by atoms with Crippen LogP contribution in [0.15, 0.2) is 24.3 Å². The standard InChI is InChI=1S/C15H26N2O/c1-12(2)15(3,11-16)17-10-9-13-5-7-14(18-4)8-6-13/h5-8,12,17H,9-11,16H2,1-4H3. The predicted molar refractivity (Wildman–Crippen MR) is 77.0 cm³/mol. The number of methoxy groups -OCH3 is 1. The van der Waals surface area contributed by atoms with Gasteiger partial charge in [-0.3, -0.25) is 0 Å². The predicted octanol–water partition coefficient (Wildman–Crippen LogP) is 2.20. The molecule has 1 aromatic carbocycles. The SMILES string of the molecule is COc1ccc(CCNC(C)(CN)C(C)C)cc1. The first-order valence-corrected chi connectivity index (χ1v) is 6.60. The zero-order valence-electron chi connectivity index (χ0n) is 12.0. The van der Waals surface area contributed by atoms with Gasteiger partial charge in [0.25, 0.3) is 0 Å². The molecule has 1 atom stereocenters. The lowest BCUT2D eigenvalue weighted by atomic mass is 9.88. The maximum Gasteiger partial charge on any atom is 0.118 e. The molecule has 0 saturated carbocycles. The van der Waals surface area contributed by atoms with Crippen molar-refractivity contribution >= 4 is 0 Å². The lowest BCUT2D eigenvalue weighted by Gasteiger charge is -2.33. The van der Waals surface area contributed by atoms with E-state index in [0.29, 0.717) is 12.5 Å². The molecule has 1 unspecified atom stereocenters. The van der Waals surface area contributed by atoms with Crippen LogP contribution in [-0.2, 0) is 6.42 Å². The van der Waals surface area contributed by atoms with Gasteiger partial charge in [0.2, 0.25) is 0 Å². The largest absolute Gasteiger partial charge is 0.497 e. The Balaban J connectivity index is 2.45. The summed E-state index contributed by atoms with van der Waals surface area (Å²) in [5.41, 5.74) is 7.18. The molecule has 1 rings (SSSR count). The molecule has 0 spiro atoms. The third-order valence-corrected chi connectivity index (χ3v) is 3.80. The Morgan fingerprint density at radius 3 is 2.33 bits per heavy atom. The summed E-state index contributed by atoms with van der Waals surface area (Å²) in [6.45, 7) is 8.19. The average Bonchev–Trinajstić information content (AvgIpc) is 2.39. The van der Waals surface area contributed by atoms with Gasteiger partial charge in [0.15, 0.2) is 0 Å². The number of benzene rings is 1. The van der Waals surface area contributed by atoms with Gasteiger partial charge in [-0.25, -0.2) is 0 Å². The molecule has 3 N–H and O–H groups in total. The van der Waals surface area contributed by atoms with Crippen LogP contribution in [0.4, 0.5) is 0 Å². The van der Waals surface area contributed by atoms with Crippen molar-refractivity contribution in [3.63, 3.8) is 0 Å². The highest BCUT2D eigenvalue weighted by Crippen LogP contribution is 2.15. The molecule has 0 saturated heterocycles. The van der Waals surface area contributed by atoms with E-state index in [0.717, 1.165) is 18.7 Å². The summed E-state index contributed by atoms with van der Waals surface area (Å²) < 4.78 is 5.14. The van der Waals surface area contributed by atoms with E-state index in [9.17, 15) is 0 Å². The molecule has 0 aliphatic carbocycles. The summed E-state index contributed by atoms with van der Waals surface area (Å²) in [5.74, 6) is 1.43. The van der Waals surface area contributed by atoms with E-state index in [1.165, 1.54) is 5.56 Å². The first-order valence-electron chi connectivity index (χ1n) is 6.60. The van der Waals surface area contributed by atoms with Gasteiger partial charge in [-0.15, -0.1) is 0 Å². The van der Waals surface area contributed by atoms with E-state index in [1.807, 2.05) is 12.1 Å². The molecule has 0 amide bonds. The Morgan fingerprint density at radius 2 is 1.89 bits per heavy atom. The number of nitrogens with two attached hydrogens (primary N) is 1. The number of hydrogen-bond acceptors (Lipinski definition) is 3. The summed E-state index contributed by atoms with van der Waals surface area (Å²) in [7, 11) is 1.69. The first-order chi connectivity index (χ1) is 8.51. The van der Waals surface area contributed by atoms with Gasteiger partial charge in [0.1, 0.15) is 5.75 Å². The molecular weight excluding hydrogens is 224 g/mol. The molecule has 0 radical (unpaired) electrons. The molecular formula is C15H26N2O. The van der Waals surface area contributed by atoms with E-state index < -0.39 is 0 Å². The minimum absolute atomic E-state index is 0.0203. The molecule has 102 valence electrons. The number of hydrogen-bond donors (Lipinski definition) is 2. The smallest absolute Gasteiger partial charge is 0.118 e. The van der Waals surface area contributed by atoms with E-state index in [-0.39, 0.29) is 5.54 Å². The van der Waals surface area contributed by atoms with E-state index in [2.05, 4.69) is 38.2 Å². The highest BCUT2D eigenvalue weighted by Gasteiger charge is 2.25. The second-order valence-corrected chi connectivity index (χ2v) is 5.30. The van der Waals surface area contributed by atoms with Crippen molar-refractivity contribution in [2.24, 2.45) is 11.7 Å². The fraction of sp³-hybridized carbons (Fsp3) is 0.600. The topological polar surface area (TPSA) is 47.3 Å². The van der Waals surface area contributed by atoms with Crippen LogP contribution in [0.2, 0.25) is 0 Å². The molecule has 0 fully saturated rings. The van der Waals surface area contributed by atoms with Crippen molar-refractivity contribution in [3.05, 3.63) is 29.8 Å². The van der Waals surface area contributed by atoms with Gasteiger partial charge >= 0.3 is 0 Å².